The number of imide groups is 1. The van der Waals surface area contributed by atoms with Crippen molar-refractivity contribution in [1.82, 2.24) is 0 Å². The van der Waals surface area contributed by atoms with E-state index in [0.29, 0.717) is 5.69 Å². The van der Waals surface area contributed by atoms with Gasteiger partial charge >= 0.3 is 5.97 Å². The van der Waals surface area contributed by atoms with Crippen LogP contribution in [-0.2, 0) is 9.59 Å². The number of benzene rings is 1. The third kappa shape index (κ3) is 1.68. The molecule has 1 saturated carbocycles. The monoisotopic (exact) mass is 297 g/mol. The average Bonchev–Trinajstić information content (AvgIpc) is 2.82. The van der Waals surface area contributed by atoms with Crippen molar-refractivity contribution in [3.05, 3.63) is 42.0 Å². The van der Waals surface area contributed by atoms with Crippen LogP contribution in [0, 0.1) is 23.7 Å². The van der Waals surface area contributed by atoms with Gasteiger partial charge in [-0.25, -0.2) is 9.69 Å². The maximum atomic E-state index is 12.7. The van der Waals surface area contributed by atoms with Gasteiger partial charge in [-0.2, -0.15) is 0 Å². The van der Waals surface area contributed by atoms with Gasteiger partial charge < -0.3 is 5.11 Å². The van der Waals surface area contributed by atoms with Crippen molar-refractivity contribution in [3.8, 4) is 0 Å². The Morgan fingerprint density at radius 1 is 1.05 bits per heavy atom. The lowest BCUT2D eigenvalue weighted by Gasteiger charge is -2.38. The molecule has 5 nitrogen and oxygen atoms in total. The Kier molecular flexibility index (Phi) is 2.73. The van der Waals surface area contributed by atoms with Crippen LogP contribution in [0.3, 0.4) is 0 Å². The number of carboxylic acids is 1. The van der Waals surface area contributed by atoms with Gasteiger partial charge in [-0.3, -0.25) is 9.59 Å². The summed E-state index contributed by atoms with van der Waals surface area (Å²) in [6.45, 7) is 0. The van der Waals surface area contributed by atoms with Gasteiger partial charge in [0.25, 0.3) is 0 Å². The highest BCUT2D eigenvalue weighted by Crippen LogP contribution is 2.50. The Morgan fingerprint density at radius 2 is 1.64 bits per heavy atom. The van der Waals surface area contributed by atoms with Crippen molar-refractivity contribution in [2.24, 2.45) is 23.7 Å². The minimum absolute atomic E-state index is 0.0778. The standard InChI is InChI=1S/C17H15NO4/c19-15-13-9-4-5-10(7-6-9)14(13)16(20)18(15)12-3-1-2-11(8-12)17(21)22/h1-5,8-10,13-14H,6-7H2,(H,21,22)/t9-,10-,13-,14-/m1/s1. The summed E-state index contributed by atoms with van der Waals surface area (Å²) in [5, 5.41) is 9.09. The maximum absolute atomic E-state index is 12.7. The third-order valence-corrected chi connectivity index (χ3v) is 5.11. The highest BCUT2D eigenvalue weighted by atomic mass is 16.4. The molecule has 1 aromatic rings. The lowest BCUT2D eigenvalue weighted by molar-refractivity contribution is -0.124. The van der Waals surface area contributed by atoms with E-state index >= 15 is 0 Å². The van der Waals surface area contributed by atoms with Gasteiger partial charge in [0.1, 0.15) is 0 Å². The number of carboxylic acid groups (broad SMARTS) is 1. The van der Waals surface area contributed by atoms with Gasteiger partial charge in [0.2, 0.25) is 11.8 Å². The summed E-state index contributed by atoms with van der Waals surface area (Å²) >= 11 is 0. The van der Waals surface area contributed by atoms with Crippen LogP contribution < -0.4 is 4.90 Å². The molecule has 3 aliphatic carbocycles. The number of anilines is 1. The first-order chi connectivity index (χ1) is 10.6. The van der Waals surface area contributed by atoms with Gasteiger partial charge in [0, 0.05) is 0 Å². The summed E-state index contributed by atoms with van der Waals surface area (Å²) in [6.07, 6.45) is 6.03. The predicted molar refractivity (Wildman–Crippen MR) is 78.2 cm³/mol. The van der Waals surface area contributed by atoms with Crippen LogP contribution in [0.2, 0.25) is 0 Å². The van der Waals surface area contributed by atoms with Crippen molar-refractivity contribution in [2.45, 2.75) is 12.8 Å². The largest absolute Gasteiger partial charge is 0.478 e. The third-order valence-electron chi connectivity index (χ3n) is 5.11. The molecule has 1 saturated heterocycles. The van der Waals surface area contributed by atoms with E-state index in [1.54, 1.807) is 12.1 Å². The topological polar surface area (TPSA) is 74.7 Å². The summed E-state index contributed by atoms with van der Waals surface area (Å²) in [7, 11) is 0. The molecular formula is C17H15NO4. The fraction of sp³-hybridized carbons (Fsp3) is 0.353. The Hall–Kier alpha value is -2.43. The second-order valence-corrected chi connectivity index (χ2v) is 6.21. The number of allylic oxidation sites excluding steroid dienone is 2. The van der Waals surface area contributed by atoms with Crippen molar-refractivity contribution in [2.75, 3.05) is 4.90 Å². The first kappa shape index (κ1) is 13.2. The number of fused-ring (bicyclic) bond motifs is 1. The van der Waals surface area contributed by atoms with E-state index in [-0.39, 0.29) is 41.0 Å². The molecule has 0 radical (unpaired) electrons. The maximum Gasteiger partial charge on any atom is 0.335 e. The van der Waals surface area contributed by atoms with E-state index in [1.165, 1.54) is 17.0 Å². The van der Waals surface area contributed by atoms with E-state index < -0.39 is 5.97 Å². The van der Waals surface area contributed by atoms with Crippen LogP contribution >= 0.6 is 0 Å². The fourth-order valence-corrected chi connectivity index (χ4v) is 4.11. The number of carbonyl (C=O) groups is 3. The number of hydrogen-bond acceptors (Lipinski definition) is 3. The van der Waals surface area contributed by atoms with Crippen LogP contribution in [0.5, 0.6) is 0 Å². The van der Waals surface area contributed by atoms with E-state index in [2.05, 4.69) is 12.2 Å². The van der Waals surface area contributed by atoms with Gasteiger partial charge in [0.05, 0.1) is 23.1 Å². The first-order valence-corrected chi connectivity index (χ1v) is 7.47. The van der Waals surface area contributed by atoms with Crippen molar-refractivity contribution in [3.63, 3.8) is 0 Å². The molecule has 1 N–H and O–H groups in total. The summed E-state index contributed by atoms with van der Waals surface area (Å²) in [5.41, 5.74) is 0.442. The van der Waals surface area contributed by atoms with Crippen LogP contribution in [0.25, 0.3) is 0 Å². The quantitative estimate of drug-likeness (QED) is 0.670. The molecule has 0 unspecified atom stereocenters. The van der Waals surface area contributed by atoms with Crippen molar-refractivity contribution < 1.29 is 19.5 Å². The molecule has 2 bridgehead atoms. The highest BCUT2D eigenvalue weighted by molar-refractivity contribution is 6.22. The number of amides is 2. The van der Waals surface area contributed by atoms with E-state index in [1.807, 2.05) is 0 Å². The molecule has 5 rings (SSSR count). The molecule has 4 aliphatic rings. The lowest BCUT2D eigenvalue weighted by Crippen LogP contribution is -2.38. The normalized spacial score (nSPS) is 32.5. The van der Waals surface area contributed by atoms with Gasteiger partial charge in [0.15, 0.2) is 0 Å². The second-order valence-electron chi connectivity index (χ2n) is 6.21. The molecule has 2 amide bonds. The summed E-state index contributed by atoms with van der Waals surface area (Å²) in [4.78, 5) is 37.8. The molecule has 22 heavy (non-hydrogen) atoms. The SMILES string of the molecule is O=C(O)c1cccc(N2C(=O)[C@H]3[C@H](C2=O)[C@@H]2C=C[C@@H]3CC2)c1. The van der Waals surface area contributed by atoms with Crippen LogP contribution in [0.4, 0.5) is 5.69 Å². The average molecular weight is 297 g/mol. The van der Waals surface area contributed by atoms with E-state index in [4.69, 9.17) is 5.11 Å². The zero-order valence-corrected chi connectivity index (χ0v) is 11.8. The Bertz CT molecular complexity index is 691. The zero-order valence-electron chi connectivity index (χ0n) is 11.8. The molecule has 1 aromatic carbocycles. The smallest absolute Gasteiger partial charge is 0.335 e. The van der Waals surface area contributed by atoms with Gasteiger partial charge in [-0.05, 0) is 42.9 Å². The first-order valence-electron chi connectivity index (χ1n) is 7.47. The van der Waals surface area contributed by atoms with Crippen LogP contribution in [-0.4, -0.2) is 22.9 Å². The number of aromatic carboxylic acids is 1. The van der Waals surface area contributed by atoms with Crippen LogP contribution in [0.15, 0.2) is 36.4 Å². The number of hydrogen-bond donors (Lipinski definition) is 1. The van der Waals surface area contributed by atoms with Crippen molar-refractivity contribution >= 4 is 23.5 Å². The van der Waals surface area contributed by atoms with E-state index in [9.17, 15) is 14.4 Å². The van der Waals surface area contributed by atoms with Crippen LogP contribution in [0.1, 0.15) is 23.2 Å². The summed E-state index contributed by atoms with van der Waals surface area (Å²) < 4.78 is 0. The number of nitrogens with zero attached hydrogens (tertiary/aromatic N) is 1. The highest BCUT2D eigenvalue weighted by Gasteiger charge is 2.56. The minimum atomic E-state index is -1.07. The molecule has 1 heterocycles. The molecule has 1 aliphatic heterocycles. The molecule has 112 valence electrons. The summed E-state index contributed by atoms with van der Waals surface area (Å²) in [6, 6.07) is 6.03. The summed E-state index contributed by atoms with van der Waals surface area (Å²) in [5.74, 6) is -1.71. The Morgan fingerprint density at radius 3 is 2.14 bits per heavy atom. The molecule has 2 fully saturated rings. The minimum Gasteiger partial charge on any atom is -0.478 e. The number of carbonyl (C=O) groups excluding carboxylic acids is 2. The molecule has 0 spiro atoms. The fourth-order valence-electron chi connectivity index (χ4n) is 4.11. The molecule has 0 aromatic heterocycles. The van der Waals surface area contributed by atoms with Gasteiger partial charge in [-0.15, -0.1) is 0 Å². The molecular weight excluding hydrogens is 282 g/mol. The second kappa shape index (κ2) is 4.53. The Labute approximate surface area is 127 Å². The molecule has 4 atom stereocenters. The van der Waals surface area contributed by atoms with Crippen molar-refractivity contribution in [1.29, 1.82) is 0 Å². The Balaban J connectivity index is 1.75. The molecule has 5 heteroatoms. The predicted octanol–water partition coefficient (Wildman–Crippen LogP) is 2.09. The zero-order chi connectivity index (χ0) is 15.4. The number of rotatable bonds is 2. The van der Waals surface area contributed by atoms with E-state index in [0.717, 1.165) is 12.8 Å². The van der Waals surface area contributed by atoms with Gasteiger partial charge in [-0.1, -0.05) is 18.2 Å². The lowest BCUT2D eigenvalue weighted by atomic mass is 9.63.